The van der Waals surface area contributed by atoms with Gasteiger partial charge in [0.2, 0.25) is 0 Å². The predicted molar refractivity (Wildman–Crippen MR) is 65.5 cm³/mol. The summed E-state index contributed by atoms with van der Waals surface area (Å²) in [5, 5.41) is 1.05. The number of nitrogens with zero attached hydrogens (tertiary/aromatic N) is 1. The first-order valence-electron chi connectivity index (χ1n) is 5.37. The molecule has 1 aromatic carbocycles. The number of benzene rings is 1. The third-order valence-electron chi connectivity index (χ3n) is 2.40. The van der Waals surface area contributed by atoms with Crippen molar-refractivity contribution in [3.63, 3.8) is 0 Å². The van der Waals surface area contributed by atoms with Crippen molar-refractivity contribution < 1.29 is 4.79 Å². The molecule has 0 fully saturated rings. The van der Waals surface area contributed by atoms with E-state index in [4.69, 9.17) is 0 Å². The average molecular weight is 211 g/mol. The Hall–Kier alpha value is -1.96. The summed E-state index contributed by atoms with van der Waals surface area (Å²) in [4.78, 5) is 16.0. The molecule has 2 nitrogen and oxygen atoms in total. The Morgan fingerprint density at radius 1 is 1.38 bits per heavy atom. The summed E-state index contributed by atoms with van der Waals surface area (Å²) in [6.07, 6.45) is 6.09. The Morgan fingerprint density at radius 2 is 2.25 bits per heavy atom. The molecule has 0 aliphatic rings. The van der Waals surface area contributed by atoms with Gasteiger partial charge in [0.15, 0.2) is 5.78 Å². The number of carbonyl (C=O) groups is 1. The highest BCUT2D eigenvalue weighted by atomic mass is 16.1. The highest BCUT2D eigenvalue weighted by Crippen LogP contribution is 2.13. The first-order valence-corrected chi connectivity index (χ1v) is 5.37. The molecule has 0 atom stereocenters. The Morgan fingerprint density at radius 3 is 3.06 bits per heavy atom. The summed E-state index contributed by atoms with van der Waals surface area (Å²) in [5.74, 6) is 0.0365. The molecule has 0 amide bonds. The number of pyridine rings is 1. The molecule has 0 radical (unpaired) electrons. The maximum Gasteiger partial charge on any atom is 0.185 e. The summed E-state index contributed by atoms with van der Waals surface area (Å²) < 4.78 is 0. The summed E-state index contributed by atoms with van der Waals surface area (Å²) in [6.45, 7) is 2.01. The Kier molecular flexibility index (Phi) is 3.10. The van der Waals surface area contributed by atoms with Crippen LogP contribution in [0.25, 0.3) is 10.9 Å². The monoisotopic (exact) mass is 211 g/mol. The number of carbonyl (C=O) groups excluding carboxylic acids is 1. The maximum atomic E-state index is 11.7. The minimum atomic E-state index is 0.0365. The highest BCUT2D eigenvalue weighted by Gasteiger charge is 2.02. The van der Waals surface area contributed by atoms with Crippen LogP contribution in [-0.2, 0) is 0 Å². The minimum absolute atomic E-state index is 0.0365. The van der Waals surface area contributed by atoms with Gasteiger partial charge in [-0.05, 0) is 24.6 Å². The van der Waals surface area contributed by atoms with Crippen LogP contribution in [-0.4, -0.2) is 10.8 Å². The molecule has 2 heteroatoms. The molecule has 2 rings (SSSR count). The smallest absolute Gasteiger partial charge is 0.185 e. The van der Waals surface area contributed by atoms with Crippen molar-refractivity contribution in [3.05, 3.63) is 54.2 Å². The molecular weight excluding hydrogens is 198 g/mol. The van der Waals surface area contributed by atoms with E-state index in [2.05, 4.69) is 4.98 Å². The van der Waals surface area contributed by atoms with Crippen LogP contribution < -0.4 is 0 Å². The molecule has 0 unspecified atom stereocenters. The fraction of sp³-hybridized carbons (Fsp3) is 0.143. The molecule has 16 heavy (non-hydrogen) atoms. The second-order valence-corrected chi connectivity index (χ2v) is 3.59. The van der Waals surface area contributed by atoms with E-state index < -0.39 is 0 Å². The van der Waals surface area contributed by atoms with Gasteiger partial charge >= 0.3 is 0 Å². The third kappa shape index (κ3) is 2.16. The van der Waals surface area contributed by atoms with Crippen LogP contribution in [0, 0.1) is 0 Å². The van der Waals surface area contributed by atoms with Crippen LogP contribution in [0.3, 0.4) is 0 Å². The Balaban J connectivity index is 2.39. The first-order chi connectivity index (χ1) is 7.81. The number of ketones is 1. The molecule has 0 N–H and O–H groups in total. The fourth-order valence-electron chi connectivity index (χ4n) is 1.54. The normalized spacial score (nSPS) is 11.1. The van der Waals surface area contributed by atoms with Crippen molar-refractivity contribution in [3.8, 4) is 0 Å². The van der Waals surface area contributed by atoms with Crippen molar-refractivity contribution in [1.29, 1.82) is 0 Å². The lowest BCUT2D eigenvalue weighted by Crippen LogP contribution is -1.94. The van der Waals surface area contributed by atoms with E-state index in [1.807, 2.05) is 43.3 Å². The van der Waals surface area contributed by atoms with Crippen LogP contribution >= 0.6 is 0 Å². The van der Waals surface area contributed by atoms with E-state index in [1.54, 1.807) is 12.3 Å². The van der Waals surface area contributed by atoms with Crippen molar-refractivity contribution >= 4 is 16.7 Å². The van der Waals surface area contributed by atoms with Gasteiger partial charge in [-0.15, -0.1) is 0 Å². The largest absolute Gasteiger partial charge is 0.289 e. The Bertz CT molecular complexity index is 543. The van der Waals surface area contributed by atoms with Gasteiger partial charge in [0.25, 0.3) is 0 Å². The zero-order valence-corrected chi connectivity index (χ0v) is 9.18. The maximum absolute atomic E-state index is 11.7. The van der Waals surface area contributed by atoms with Crippen LogP contribution in [0.4, 0.5) is 0 Å². The number of hydrogen-bond donors (Lipinski definition) is 0. The van der Waals surface area contributed by atoms with Gasteiger partial charge in [0.05, 0.1) is 5.52 Å². The second-order valence-electron chi connectivity index (χ2n) is 3.59. The van der Waals surface area contributed by atoms with E-state index >= 15 is 0 Å². The van der Waals surface area contributed by atoms with Crippen molar-refractivity contribution in [2.24, 2.45) is 0 Å². The van der Waals surface area contributed by atoms with E-state index in [-0.39, 0.29) is 5.78 Å². The standard InChI is InChI=1S/C14H13NO/c1-2-3-6-14(16)12-8-7-11-5-4-9-15-13(11)10-12/h3-10H,2H2,1H3/b6-3+. The van der Waals surface area contributed by atoms with Crippen LogP contribution in [0.15, 0.2) is 48.7 Å². The number of fused-ring (bicyclic) bond motifs is 1. The fourth-order valence-corrected chi connectivity index (χ4v) is 1.54. The molecular formula is C14H13NO. The van der Waals surface area contributed by atoms with Gasteiger partial charge in [-0.3, -0.25) is 9.78 Å². The van der Waals surface area contributed by atoms with E-state index in [0.717, 1.165) is 17.3 Å². The molecule has 0 saturated heterocycles. The van der Waals surface area contributed by atoms with Gasteiger partial charge in [-0.1, -0.05) is 31.2 Å². The minimum Gasteiger partial charge on any atom is -0.289 e. The molecule has 0 spiro atoms. The quantitative estimate of drug-likeness (QED) is 0.575. The van der Waals surface area contributed by atoms with Crippen molar-refractivity contribution in [2.75, 3.05) is 0 Å². The zero-order chi connectivity index (χ0) is 11.4. The van der Waals surface area contributed by atoms with Gasteiger partial charge in [-0.25, -0.2) is 0 Å². The number of allylic oxidation sites excluding steroid dienone is 2. The SMILES string of the molecule is CC/C=C/C(=O)c1ccc2cccnc2c1. The average Bonchev–Trinajstić information content (AvgIpc) is 2.35. The third-order valence-corrected chi connectivity index (χ3v) is 2.40. The summed E-state index contributed by atoms with van der Waals surface area (Å²) in [5.41, 5.74) is 1.55. The number of hydrogen-bond acceptors (Lipinski definition) is 2. The predicted octanol–water partition coefficient (Wildman–Crippen LogP) is 3.38. The molecule has 80 valence electrons. The van der Waals surface area contributed by atoms with Gasteiger partial charge in [0.1, 0.15) is 0 Å². The lowest BCUT2D eigenvalue weighted by atomic mass is 10.1. The molecule has 2 aromatic rings. The first kappa shape index (κ1) is 10.6. The number of rotatable bonds is 3. The van der Waals surface area contributed by atoms with Crippen LogP contribution in [0.2, 0.25) is 0 Å². The summed E-state index contributed by atoms with van der Waals surface area (Å²) in [7, 11) is 0. The van der Waals surface area contributed by atoms with E-state index in [9.17, 15) is 4.79 Å². The zero-order valence-electron chi connectivity index (χ0n) is 9.18. The van der Waals surface area contributed by atoms with Crippen molar-refractivity contribution in [2.45, 2.75) is 13.3 Å². The summed E-state index contributed by atoms with van der Waals surface area (Å²) in [6, 6.07) is 9.47. The van der Waals surface area contributed by atoms with E-state index in [0.29, 0.717) is 5.56 Å². The molecule has 1 heterocycles. The second kappa shape index (κ2) is 4.71. The lowest BCUT2D eigenvalue weighted by molar-refractivity contribution is 0.104. The lowest BCUT2D eigenvalue weighted by Gasteiger charge is -1.99. The van der Waals surface area contributed by atoms with Crippen molar-refractivity contribution in [1.82, 2.24) is 4.98 Å². The van der Waals surface area contributed by atoms with Crippen LogP contribution in [0.1, 0.15) is 23.7 Å². The van der Waals surface area contributed by atoms with Gasteiger partial charge in [-0.2, -0.15) is 0 Å². The molecule has 0 saturated carbocycles. The number of aromatic nitrogens is 1. The molecule has 0 aliphatic heterocycles. The molecule has 0 bridgehead atoms. The molecule has 0 aliphatic carbocycles. The Labute approximate surface area is 94.6 Å². The highest BCUT2D eigenvalue weighted by molar-refractivity contribution is 6.06. The summed E-state index contributed by atoms with van der Waals surface area (Å²) >= 11 is 0. The topological polar surface area (TPSA) is 30.0 Å². The van der Waals surface area contributed by atoms with Gasteiger partial charge < -0.3 is 0 Å². The van der Waals surface area contributed by atoms with Crippen LogP contribution in [0.5, 0.6) is 0 Å². The molecule has 1 aromatic heterocycles. The van der Waals surface area contributed by atoms with Gasteiger partial charge in [0, 0.05) is 17.1 Å². The van der Waals surface area contributed by atoms with E-state index in [1.165, 1.54) is 0 Å².